The number of carboxylic acid groups (broad SMARTS) is 1. The van der Waals surface area contributed by atoms with Crippen molar-refractivity contribution in [2.24, 2.45) is 0 Å². The average molecular weight is 255 g/mol. The summed E-state index contributed by atoms with van der Waals surface area (Å²) in [7, 11) is 1.44. The molecule has 1 aromatic carbocycles. The second-order valence-corrected chi connectivity index (χ2v) is 3.88. The molecule has 18 heavy (non-hydrogen) atoms. The van der Waals surface area contributed by atoms with Crippen molar-refractivity contribution in [3.05, 3.63) is 17.7 Å². The molecule has 0 spiro atoms. The van der Waals surface area contributed by atoms with E-state index in [9.17, 15) is 4.79 Å². The minimum atomic E-state index is -1.13. The van der Waals surface area contributed by atoms with Crippen LogP contribution in [0.2, 0.25) is 0 Å². The maximum atomic E-state index is 10.9. The van der Waals surface area contributed by atoms with E-state index < -0.39 is 12.1 Å². The Hall–Kier alpha value is -1.95. The van der Waals surface area contributed by atoms with Crippen LogP contribution in [0.3, 0.4) is 0 Å². The van der Waals surface area contributed by atoms with E-state index in [-0.39, 0.29) is 17.9 Å². The third-order valence-electron chi connectivity index (χ3n) is 2.36. The Kier molecular flexibility index (Phi) is 4.79. The molecule has 1 unspecified atom stereocenters. The Bertz CT molecular complexity index is 431. The molecule has 6 heteroatoms. The third-order valence-corrected chi connectivity index (χ3v) is 2.36. The number of aliphatic hydroxyl groups is 1. The maximum Gasteiger partial charge on any atom is 0.337 e. The van der Waals surface area contributed by atoms with Crippen LogP contribution < -0.4 is 15.2 Å². The molecule has 0 heterocycles. The van der Waals surface area contributed by atoms with Gasteiger partial charge >= 0.3 is 5.97 Å². The topological polar surface area (TPSA) is 102 Å². The molecule has 1 rings (SSSR count). The molecule has 1 aromatic rings. The number of rotatable bonds is 6. The SMILES string of the molecule is COc1cc(N)c(C(=O)O)cc1OCCC(C)O. The van der Waals surface area contributed by atoms with Crippen molar-refractivity contribution in [3.63, 3.8) is 0 Å². The van der Waals surface area contributed by atoms with Crippen LogP contribution in [0.25, 0.3) is 0 Å². The number of anilines is 1. The van der Waals surface area contributed by atoms with Gasteiger partial charge in [-0.05, 0) is 6.92 Å². The minimum Gasteiger partial charge on any atom is -0.493 e. The summed E-state index contributed by atoms with van der Waals surface area (Å²) < 4.78 is 10.4. The van der Waals surface area contributed by atoms with E-state index in [1.807, 2.05) is 0 Å². The number of hydrogen-bond donors (Lipinski definition) is 3. The van der Waals surface area contributed by atoms with Crippen molar-refractivity contribution < 1.29 is 24.5 Å². The first-order valence-electron chi connectivity index (χ1n) is 5.47. The summed E-state index contributed by atoms with van der Waals surface area (Å²) >= 11 is 0. The first-order chi connectivity index (χ1) is 8.45. The number of nitrogen functional groups attached to an aromatic ring is 1. The molecule has 100 valence electrons. The summed E-state index contributed by atoms with van der Waals surface area (Å²) in [5.41, 5.74) is 5.66. The van der Waals surface area contributed by atoms with E-state index in [2.05, 4.69) is 0 Å². The van der Waals surface area contributed by atoms with Gasteiger partial charge in [-0.15, -0.1) is 0 Å². The smallest absolute Gasteiger partial charge is 0.337 e. The molecule has 0 aliphatic rings. The van der Waals surface area contributed by atoms with Crippen LogP contribution in [-0.4, -0.2) is 36.0 Å². The van der Waals surface area contributed by atoms with E-state index in [1.54, 1.807) is 6.92 Å². The highest BCUT2D eigenvalue weighted by Crippen LogP contribution is 2.32. The molecule has 0 saturated heterocycles. The number of aromatic carboxylic acids is 1. The number of methoxy groups -OCH3 is 1. The highest BCUT2D eigenvalue weighted by Gasteiger charge is 2.14. The summed E-state index contributed by atoms with van der Waals surface area (Å²) in [4.78, 5) is 10.9. The van der Waals surface area contributed by atoms with Gasteiger partial charge in [0, 0.05) is 18.6 Å². The second kappa shape index (κ2) is 6.11. The lowest BCUT2D eigenvalue weighted by Crippen LogP contribution is -2.09. The maximum absolute atomic E-state index is 10.9. The van der Waals surface area contributed by atoms with Gasteiger partial charge in [-0.3, -0.25) is 0 Å². The lowest BCUT2D eigenvalue weighted by molar-refractivity contribution is 0.0697. The number of benzene rings is 1. The number of carbonyl (C=O) groups is 1. The van der Waals surface area contributed by atoms with E-state index in [0.717, 1.165) is 0 Å². The summed E-state index contributed by atoms with van der Waals surface area (Å²) in [6.45, 7) is 1.91. The highest BCUT2D eigenvalue weighted by molar-refractivity contribution is 5.94. The molecular formula is C12H17NO5. The van der Waals surface area contributed by atoms with Crippen LogP contribution in [-0.2, 0) is 0 Å². The number of carboxylic acids is 1. The molecule has 0 amide bonds. The van der Waals surface area contributed by atoms with Crippen molar-refractivity contribution in [2.75, 3.05) is 19.5 Å². The van der Waals surface area contributed by atoms with Crippen molar-refractivity contribution in [3.8, 4) is 11.5 Å². The number of ether oxygens (including phenoxy) is 2. The fourth-order valence-electron chi connectivity index (χ4n) is 1.37. The van der Waals surface area contributed by atoms with Gasteiger partial charge < -0.3 is 25.4 Å². The normalized spacial score (nSPS) is 11.9. The predicted octanol–water partition coefficient (Wildman–Crippen LogP) is 1.13. The van der Waals surface area contributed by atoms with Crippen LogP contribution in [0, 0.1) is 0 Å². The van der Waals surface area contributed by atoms with Crippen molar-refractivity contribution in [1.82, 2.24) is 0 Å². The zero-order valence-corrected chi connectivity index (χ0v) is 10.3. The zero-order valence-electron chi connectivity index (χ0n) is 10.3. The molecule has 6 nitrogen and oxygen atoms in total. The Morgan fingerprint density at radius 1 is 1.44 bits per heavy atom. The van der Waals surface area contributed by atoms with Crippen molar-refractivity contribution in [2.45, 2.75) is 19.4 Å². The van der Waals surface area contributed by atoms with E-state index in [0.29, 0.717) is 17.9 Å². The van der Waals surface area contributed by atoms with Gasteiger partial charge in [0.15, 0.2) is 11.5 Å². The monoisotopic (exact) mass is 255 g/mol. The Morgan fingerprint density at radius 2 is 2.11 bits per heavy atom. The van der Waals surface area contributed by atoms with Gasteiger partial charge in [0.1, 0.15) is 0 Å². The van der Waals surface area contributed by atoms with Crippen LogP contribution in [0.4, 0.5) is 5.69 Å². The average Bonchev–Trinajstić information content (AvgIpc) is 2.29. The molecule has 0 bridgehead atoms. The minimum absolute atomic E-state index is 0.0390. The van der Waals surface area contributed by atoms with Crippen LogP contribution in [0.5, 0.6) is 11.5 Å². The van der Waals surface area contributed by atoms with Crippen molar-refractivity contribution in [1.29, 1.82) is 0 Å². The van der Waals surface area contributed by atoms with E-state index >= 15 is 0 Å². The Balaban J connectivity index is 2.93. The Labute approximate surface area is 105 Å². The lowest BCUT2D eigenvalue weighted by atomic mass is 10.1. The largest absolute Gasteiger partial charge is 0.493 e. The number of nitrogens with two attached hydrogens (primary N) is 1. The van der Waals surface area contributed by atoms with Crippen LogP contribution in [0.1, 0.15) is 23.7 Å². The summed E-state index contributed by atoms with van der Waals surface area (Å²) in [5, 5.41) is 18.1. The molecular weight excluding hydrogens is 238 g/mol. The zero-order chi connectivity index (χ0) is 13.7. The predicted molar refractivity (Wildman–Crippen MR) is 66.2 cm³/mol. The van der Waals surface area contributed by atoms with Gasteiger partial charge in [-0.1, -0.05) is 0 Å². The molecule has 0 aromatic heterocycles. The summed E-state index contributed by atoms with van der Waals surface area (Å²) in [6.07, 6.45) is -0.0423. The quantitative estimate of drug-likeness (QED) is 0.658. The van der Waals surface area contributed by atoms with Crippen LogP contribution in [0.15, 0.2) is 12.1 Å². The van der Waals surface area contributed by atoms with E-state index in [4.69, 9.17) is 25.4 Å². The number of hydrogen-bond acceptors (Lipinski definition) is 5. The third kappa shape index (κ3) is 3.53. The van der Waals surface area contributed by atoms with Gasteiger partial charge in [-0.25, -0.2) is 4.79 Å². The fraction of sp³-hybridized carbons (Fsp3) is 0.417. The molecule has 0 radical (unpaired) electrons. The summed E-state index contributed by atoms with van der Waals surface area (Å²) in [6, 6.07) is 2.72. The van der Waals surface area contributed by atoms with Gasteiger partial charge in [0.2, 0.25) is 0 Å². The standard InChI is InChI=1S/C12H17NO5/c1-7(14)3-4-18-11-5-8(12(15)16)9(13)6-10(11)17-2/h5-7,14H,3-4,13H2,1-2H3,(H,15,16). The van der Waals surface area contributed by atoms with Crippen LogP contribution >= 0.6 is 0 Å². The van der Waals surface area contributed by atoms with Gasteiger partial charge in [0.05, 0.1) is 31.1 Å². The molecule has 0 fully saturated rings. The number of aliphatic hydroxyl groups excluding tert-OH is 1. The summed E-state index contributed by atoms with van der Waals surface area (Å²) in [5.74, 6) is -0.469. The molecule has 0 aliphatic heterocycles. The van der Waals surface area contributed by atoms with E-state index in [1.165, 1.54) is 19.2 Å². The second-order valence-electron chi connectivity index (χ2n) is 3.88. The highest BCUT2D eigenvalue weighted by atomic mass is 16.5. The Morgan fingerprint density at radius 3 is 2.61 bits per heavy atom. The van der Waals surface area contributed by atoms with Gasteiger partial charge in [0.25, 0.3) is 0 Å². The molecule has 0 saturated carbocycles. The van der Waals surface area contributed by atoms with Crippen molar-refractivity contribution >= 4 is 11.7 Å². The molecule has 0 aliphatic carbocycles. The molecule has 4 N–H and O–H groups in total. The first kappa shape index (κ1) is 14.1. The molecule has 1 atom stereocenters. The fourth-order valence-corrected chi connectivity index (χ4v) is 1.37. The lowest BCUT2D eigenvalue weighted by Gasteiger charge is -2.13. The first-order valence-corrected chi connectivity index (χ1v) is 5.47. The van der Waals surface area contributed by atoms with Gasteiger partial charge in [-0.2, -0.15) is 0 Å².